The van der Waals surface area contributed by atoms with Gasteiger partial charge in [-0.3, -0.25) is 10.1 Å². The number of methoxy groups -OCH3 is 1. The standard InChI is InChI=1S/C12H14N2O4/c1-17-11-4-9(2-3-10(11)14(15)16)13-5-12(6-13)7-18-8-12/h2-4H,5-8H2,1H3. The highest BCUT2D eigenvalue weighted by atomic mass is 16.6. The molecule has 6 nitrogen and oxygen atoms in total. The number of hydrogen-bond donors (Lipinski definition) is 0. The third kappa shape index (κ3) is 1.60. The van der Waals surface area contributed by atoms with E-state index in [1.807, 2.05) is 0 Å². The number of nitrogens with zero attached hydrogens (tertiary/aromatic N) is 2. The van der Waals surface area contributed by atoms with Crippen LogP contribution in [-0.2, 0) is 4.74 Å². The molecule has 2 saturated heterocycles. The van der Waals surface area contributed by atoms with Crippen LogP contribution in [0.3, 0.4) is 0 Å². The Morgan fingerprint density at radius 1 is 1.44 bits per heavy atom. The minimum Gasteiger partial charge on any atom is -0.490 e. The molecule has 0 unspecified atom stereocenters. The van der Waals surface area contributed by atoms with Gasteiger partial charge in [-0.25, -0.2) is 0 Å². The highest BCUT2D eigenvalue weighted by Gasteiger charge is 2.49. The van der Waals surface area contributed by atoms with Crippen molar-refractivity contribution in [3.05, 3.63) is 28.3 Å². The molecule has 2 heterocycles. The van der Waals surface area contributed by atoms with Gasteiger partial charge in [-0.2, -0.15) is 0 Å². The Morgan fingerprint density at radius 3 is 2.67 bits per heavy atom. The van der Waals surface area contributed by atoms with Crippen molar-refractivity contribution in [2.45, 2.75) is 0 Å². The summed E-state index contributed by atoms with van der Waals surface area (Å²) < 4.78 is 10.3. The summed E-state index contributed by atoms with van der Waals surface area (Å²) in [4.78, 5) is 12.6. The molecular formula is C12H14N2O4. The van der Waals surface area contributed by atoms with Crippen molar-refractivity contribution < 1.29 is 14.4 Å². The second kappa shape index (κ2) is 3.84. The zero-order chi connectivity index (χ0) is 12.8. The predicted octanol–water partition coefficient (Wildman–Crippen LogP) is 1.44. The molecule has 0 aliphatic carbocycles. The summed E-state index contributed by atoms with van der Waals surface area (Å²) in [6.45, 7) is 3.56. The molecule has 1 aromatic carbocycles. The molecule has 6 heteroatoms. The van der Waals surface area contributed by atoms with Crippen LogP contribution in [-0.4, -0.2) is 38.3 Å². The molecule has 0 bridgehead atoms. The molecule has 2 fully saturated rings. The van der Waals surface area contributed by atoms with Gasteiger partial charge in [0, 0.05) is 30.9 Å². The summed E-state index contributed by atoms with van der Waals surface area (Å²) >= 11 is 0. The first-order valence-electron chi connectivity index (χ1n) is 5.79. The maximum absolute atomic E-state index is 10.8. The Hall–Kier alpha value is -1.82. The van der Waals surface area contributed by atoms with Crippen LogP contribution in [0.2, 0.25) is 0 Å². The monoisotopic (exact) mass is 250 g/mol. The molecule has 0 amide bonds. The lowest BCUT2D eigenvalue weighted by Gasteiger charge is -2.56. The molecule has 3 rings (SSSR count). The number of nitro groups is 1. The van der Waals surface area contributed by atoms with E-state index in [1.54, 1.807) is 12.1 Å². The average molecular weight is 250 g/mol. The van der Waals surface area contributed by atoms with Crippen molar-refractivity contribution in [1.82, 2.24) is 0 Å². The van der Waals surface area contributed by atoms with Gasteiger partial charge in [0.1, 0.15) is 0 Å². The molecule has 0 N–H and O–H groups in total. The molecular weight excluding hydrogens is 236 g/mol. The first kappa shape index (κ1) is 11.3. The van der Waals surface area contributed by atoms with Crippen LogP contribution in [0.15, 0.2) is 18.2 Å². The number of rotatable bonds is 3. The fourth-order valence-corrected chi connectivity index (χ4v) is 2.53. The van der Waals surface area contributed by atoms with E-state index in [9.17, 15) is 10.1 Å². The Balaban J connectivity index is 1.79. The number of nitro benzene ring substituents is 1. The second-order valence-corrected chi connectivity index (χ2v) is 4.96. The highest BCUT2D eigenvalue weighted by molar-refractivity contribution is 5.60. The van der Waals surface area contributed by atoms with Crippen LogP contribution in [0.5, 0.6) is 5.75 Å². The summed E-state index contributed by atoms with van der Waals surface area (Å²) in [6, 6.07) is 4.99. The predicted molar refractivity (Wildman–Crippen MR) is 65.1 cm³/mol. The molecule has 0 radical (unpaired) electrons. The van der Waals surface area contributed by atoms with Gasteiger partial charge in [-0.05, 0) is 6.07 Å². The quantitative estimate of drug-likeness (QED) is 0.600. The molecule has 96 valence electrons. The largest absolute Gasteiger partial charge is 0.490 e. The van der Waals surface area contributed by atoms with Crippen LogP contribution < -0.4 is 9.64 Å². The lowest BCUT2D eigenvalue weighted by atomic mass is 9.78. The maximum Gasteiger partial charge on any atom is 0.311 e. The minimum atomic E-state index is -0.431. The SMILES string of the molecule is COc1cc(N2CC3(COC3)C2)ccc1[N+](=O)[O-]. The van der Waals surface area contributed by atoms with E-state index in [4.69, 9.17) is 9.47 Å². The minimum absolute atomic E-state index is 0.00321. The van der Waals surface area contributed by atoms with Crippen LogP contribution in [0.1, 0.15) is 0 Å². The van der Waals surface area contributed by atoms with Crippen molar-refractivity contribution in [2.75, 3.05) is 38.3 Å². The second-order valence-electron chi connectivity index (χ2n) is 4.96. The lowest BCUT2D eigenvalue weighted by Crippen LogP contribution is -2.66. The molecule has 0 atom stereocenters. The Morgan fingerprint density at radius 2 is 2.17 bits per heavy atom. The van der Waals surface area contributed by atoms with E-state index in [2.05, 4.69) is 4.90 Å². The summed E-state index contributed by atoms with van der Waals surface area (Å²) in [5, 5.41) is 10.8. The van der Waals surface area contributed by atoms with Crippen molar-refractivity contribution in [3.63, 3.8) is 0 Å². The summed E-state index contributed by atoms with van der Waals surface area (Å²) in [6.07, 6.45) is 0. The third-order valence-electron chi connectivity index (χ3n) is 3.59. The molecule has 0 saturated carbocycles. The lowest BCUT2D eigenvalue weighted by molar-refractivity contribution is -0.385. The number of anilines is 1. The van der Waals surface area contributed by atoms with Crippen molar-refractivity contribution in [1.29, 1.82) is 0 Å². The fourth-order valence-electron chi connectivity index (χ4n) is 2.53. The third-order valence-corrected chi connectivity index (χ3v) is 3.59. The maximum atomic E-state index is 10.8. The van der Waals surface area contributed by atoms with Crippen molar-refractivity contribution in [3.8, 4) is 5.75 Å². The van der Waals surface area contributed by atoms with Gasteiger partial charge in [0.15, 0.2) is 5.75 Å². The van der Waals surface area contributed by atoms with E-state index in [1.165, 1.54) is 13.2 Å². The molecule has 2 aliphatic rings. The summed E-state index contributed by atoms with van der Waals surface area (Å²) in [5.74, 6) is 0.309. The zero-order valence-electron chi connectivity index (χ0n) is 10.1. The van der Waals surface area contributed by atoms with E-state index in [0.29, 0.717) is 11.2 Å². The number of hydrogen-bond acceptors (Lipinski definition) is 5. The van der Waals surface area contributed by atoms with Gasteiger partial charge in [0.25, 0.3) is 0 Å². The molecule has 1 aromatic rings. The summed E-state index contributed by atoms with van der Waals surface area (Å²) in [5.41, 5.74) is 1.30. The van der Waals surface area contributed by atoms with Crippen molar-refractivity contribution >= 4 is 11.4 Å². The average Bonchev–Trinajstić information content (AvgIpc) is 2.24. The molecule has 2 aliphatic heterocycles. The Kier molecular flexibility index (Phi) is 2.41. The van der Waals surface area contributed by atoms with Gasteiger partial charge in [0.05, 0.1) is 30.7 Å². The van der Waals surface area contributed by atoms with E-state index in [-0.39, 0.29) is 5.69 Å². The smallest absolute Gasteiger partial charge is 0.311 e. The fraction of sp³-hybridized carbons (Fsp3) is 0.500. The number of benzene rings is 1. The van der Waals surface area contributed by atoms with Crippen molar-refractivity contribution in [2.24, 2.45) is 5.41 Å². The first-order valence-corrected chi connectivity index (χ1v) is 5.79. The Labute approximate surface area is 104 Å². The van der Waals surface area contributed by atoms with Crippen LogP contribution in [0.4, 0.5) is 11.4 Å². The molecule has 18 heavy (non-hydrogen) atoms. The number of ether oxygens (including phenoxy) is 2. The van der Waals surface area contributed by atoms with Gasteiger partial charge < -0.3 is 14.4 Å². The Bertz CT molecular complexity index is 491. The van der Waals surface area contributed by atoms with Gasteiger partial charge >= 0.3 is 5.69 Å². The van der Waals surface area contributed by atoms with E-state index < -0.39 is 4.92 Å². The zero-order valence-corrected chi connectivity index (χ0v) is 10.1. The normalized spacial score (nSPS) is 20.2. The van der Waals surface area contributed by atoms with Crippen LogP contribution in [0, 0.1) is 15.5 Å². The molecule has 1 spiro atoms. The van der Waals surface area contributed by atoms with Gasteiger partial charge in [-0.1, -0.05) is 0 Å². The van der Waals surface area contributed by atoms with Gasteiger partial charge in [-0.15, -0.1) is 0 Å². The van der Waals surface area contributed by atoms with Gasteiger partial charge in [0.2, 0.25) is 0 Å². The van der Waals surface area contributed by atoms with E-state index in [0.717, 1.165) is 32.0 Å². The first-order chi connectivity index (χ1) is 8.63. The highest BCUT2D eigenvalue weighted by Crippen LogP contribution is 2.42. The summed E-state index contributed by atoms with van der Waals surface area (Å²) in [7, 11) is 1.45. The van der Waals surface area contributed by atoms with Crippen LogP contribution in [0.25, 0.3) is 0 Å². The molecule has 0 aromatic heterocycles. The van der Waals surface area contributed by atoms with E-state index >= 15 is 0 Å². The topological polar surface area (TPSA) is 64.8 Å². The van der Waals surface area contributed by atoms with Crippen LogP contribution >= 0.6 is 0 Å².